The fraction of sp³-hybridized carbons (Fsp3) is 0.955. The molecule has 3 saturated heterocycles. The lowest BCUT2D eigenvalue weighted by molar-refractivity contribution is -0.268. The molecule has 0 radical (unpaired) electrons. The van der Waals surface area contributed by atoms with Crippen molar-refractivity contribution in [3.8, 4) is 0 Å². The third-order valence-corrected chi connectivity index (χ3v) is 10.2. The molecule has 7 aliphatic rings. The minimum Gasteiger partial charge on any atom is -0.462 e. The first-order valence-corrected chi connectivity index (χ1v) is 11.1. The lowest BCUT2D eigenvalue weighted by Gasteiger charge is -2.69. The van der Waals surface area contributed by atoms with Gasteiger partial charge in [0, 0.05) is 31.0 Å². The smallest absolute Gasteiger partial charge is 0.312 e. The Morgan fingerprint density at radius 2 is 2.07 bits per heavy atom. The van der Waals surface area contributed by atoms with E-state index in [1.54, 1.807) is 0 Å². The molecule has 0 aromatic carbocycles. The molecule has 27 heavy (non-hydrogen) atoms. The van der Waals surface area contributed by atoms with E-state index in [2.05, 4.69) is 18.7 Å². The van der Waals surface area contributed by atoms with E-state index in [1.165, 1.54) is 6.42 Å². The minimum absolute atomic E-state index is 0.000394. The predicted molar refractivity (Wildman–Crippen MR) is 98.9 cm³/mol. The van der Waals surface area contributed by atoms with E-state index >= 15 is 0 Å². The highest BCUT2D eigenvalue weighted by Crippen LogP contribution is 2.77. The first kappa shape index (κ1) is 17.2. The number of rotatable bonds is 2. The number of fused-ring (bicyclic) bond motifs is 2. The van der Waals surface area contributed by atoms with Crippen LogP contribution in [0.2, 0.25) is 0 Å². The number of ether oxygens (including phenoxy) is 2. The second-order valence-electron chi connectivity index (χ2n) is 10.7. The number of carbonyl (C=O) groups excluding carboxylic acids is 1. The number of likely N-dealkylation sites (tertiary alicyclic amines) is 1. The van der Waals surface area contributed by atoms with Crippen LogP contribution in [0.3, 0.4) is 0 Å². The number of nitrogens with zero attached hydrogens (tertiary/aromatic N) is 1. The number of hydrogen-bond acceptors (Lipinski definition) is 5. The Balaban J connectivity index is 1.63. The molecule has 3 heterocycles. The summed E-state index contributed by atoms with van der Waals surface area (Å²) < 4.78 is 12.0. The molecule has 1 N–H and O–H groups in total. The van der Waals surface area contributed by atoms with Crippen LogP contribution in [0.5, 0.6) is 0 Å². The SMILES string of the molecule is CCN1CC2(C)CCC(OC)C34C5CC6CCC(O)(C(CC23)C14)C5C(=O)O6. The predicted octanol–water partition coefficient (Wildman–Crippen LogP) is 2.21. The van der Waals surface area contributed by atoms with Gasteiger partial charge in [-0.2, -0.15) is 0 Å². The maximum absolute atomic E-state index is 13.1. The molecule has 0 aromatic rings. The van der Waals surface area contributed by atoms with Gasteiger partial charge in [-0.25, -0.2) is 0 Å². The van der Waals surface area contributed by atoms with Crippen molar-refractivity contribution in [2.45, 2.75) is 76.2 Å². The van der Waals surface area contributed by atoms with Crippen molar-refractivity contribution in [2.24, 2.45) is 34.5 Å². The number of methoxy groups -OCH3 is 1. The van der Waals surface area contributed by atoms with E-state index in [0.29, 0.717) is 12.0 Å². The minimum atomic E-state index is -0.892. The topological polar surface area (TPSA) is 59.0 Å². The zero-order valence-corrected chi connectivity index (χ0v) is 16.8. The number of aliphatic hydroxyl groups is 1. The van der Waals surface area contributed by atoms with Gasteiger partial charge in [0.15, 0.2) is 0 Å². The van der Waals surface area contributed by atoms with E-state index in [4.69, 9.17) is 9.47 Å². The van der Waals surface area contributed by atoms with Crippen LogP contribution in [-0.2, 0) is 14.3 Å². The van der Waals surface area contributed by atoms with Crippen molar-refractivity contribution in [2.75, 3.05) is 20.2 Å². The summed E-state index contributed by atoms with van der Waals surface area (Å²) in [7, 11) is 1.87. The number of hydrogen-bond donors (Lipinski definition) is 1. The zero-order chi connectivity index (χ0) is 18.8. The number of carbonyl (C=O) groups is 1. The van der Waals surface area contributed by atoms with Gasteiger partial charge in [0.25, 0.3) is 0 Å². The van der Waals surface area contributed by atoms with Gasteiger partial charge in [0.1, 0.15) is 6.10 Å². The van der Waals surface area contributed by atoms with Crippen molar-refractivity contribution in [3.63, 3.8) is 0 Å². The van der Waals surface area contributed by atoms with Crippen molar-refractivity contribution >= 4 is 5.97 Å². The summed E-state index contributed by atoms with van der Waals surface area (Å²) in [6.07, 6.45) is 5.99. The highest BCUT2D eigenvalue weighted by molar-refractivity contribution is 5.77. The van der Waals surface area contributed by atoms with Gasteiger partial charge in [-0.15, -0.1) is 0 Å². The van der Waals surface area contributed by atoms with Crippen LogP contribution in [0.15, 0.2) is 0 Å². The molecule has 0 aromatic heterocycles. The van der Waals surface area contributed by atoms with E-state index in [-0.39, 0.29) is 46.8 Å². The van der Waals surface area contributed by atoms with E-state index in [9.17, 15) is 9.90 Å². The molecule has 9 bridgehead atoms. The highest BCUT2D eigenvalue weighted by Gasteiger charge is 2.81. The fourth-order valence-corrected chi connectivity index (χ4v) is 9.53. The summed E-state index contributed by atoms with van der Waals surface area (Å²) in [4.78, 5) is 15.7. The molecule has 10 unspecified atom stereocenters. The maximum Gasteiger partial charge on any atom is 0.312 e. The molecule has 7 fully saturated rings. The quantitative estimate of drug-likeness (QED) is 0.750. The Labute approximate surface area is 161 Å². The molecule has 150 valence electrons. The molecule has 7 rings (SSSR count). The van der Waals surface area contributed by atoms with Gasteiger partial charge in [-0.3, -0.25) is 9.69 Å². The number of piperidine rings is 1. The summed E-state index contributed by atoms with van der Waals surface area (Å²) in [5.74, 6) is 0.451. The second-order valence-corrected chi connectivity index (χ2v) is 10.7. The Kier molecular flexibility index (Phi) is 3.25. The van der Waals surface area contributed by atoms with Gasteiger partial charge in [0.05, 0.1) is 17.6 Å². The normalized spacial score (nSPS) is 60.9. The first-order chi connectivity index (χ1) is 12.9. The molecule has 0 amide bonds. The Bertz CT molecular complexity index is 698. The molecule has 3 aliphatic heterocycles. The van der Waals surface area contributed by atoms with Gasteiger partial charge in [-0.1, -0.05) is 13.8 Å². The third kappa shape index (κ3) is 1.69. The number of esters is 1. The van der Waals surface area contributed by atoms with Crippen LogP contribution >= 0.6 is 0 Å². The molecule has 4 aliphatic carbocycles. The van der Waals surface area contributed by atoms with E-state index < -0.39 is 5.60 Å². The first-order valence-electron chi connectivity index (χ1n) is 11.1. The molecular formula is C22H33NO4. The molecule has 1 spiro atoms. The van der Waals surface area contributed by atoms with Crippen LogP contribution in [-0.4, -0.2) is 60.0 Å². The highest BCUT2D eigenvalue weighted by atomic mass is 16.5. The lowest BCUT2D eigenvalue weighted by atomic mass is 9.42. The maximum atomic E-state index is 13.1. The van der Waals surface area contributed by atoms with Gasteiger partial charge < -0.3 is 14.6 Å². The van der Waals surface area contributed by atoms with Crippen LogP contribution in [0.1, 0.15) is 52.4 Å². The summed E-state index contributed by atoms with van der Waals surface area (Å²) >= 11 is 0. The largest absolute Gasteiger partial charge is 0.462 e. The van der Waals surface area contributed by atoms with E-state index in [1.807, 2.05) is 7.11 Å². The summed E-state index contributed by atoms with van der Waals surface area (Å²) in [5.41, 5.74) is -0.626. The summed E-state index contributed by atoms with van der Waals surface area (Å²) in [6, 6.07) is 0.349. The summed E-state index contributed by atoms with van der Waals surface area (Å²) in [6.45, 7) is 6.89. The monoisotopic (exact) mass is 375 g/mol. The summed E-state index contributed by atoms with van der Waals surface area (Å²) in [5, 5.41) is 12.1. The van der Waals surface area contributed by atoms with Gasteiger partial charge in [0.2, 0.25) is 0 Å². The van der Waals surface area contributed by atoms with Gasteiger partial charge >= 0.3 is 5.97 Å². The van der Waals surface area contributed by atoms with Crippen LogP contribution in [0.4, 0.5) is 0 Å². The van der Waals surface area contributed by atoms with Crippen LogP contribution in [0.25, 0.3) is 0 Å². The molecular weight excluding hydrogens is 342 g/mol. The Morgan fingerprint density at radius 3 is 2.81 bits per heavy atom. The average Bonchev–Trinajstić information content (AvgIpc) is 2.72. The second kappa shape index (κ2) is 5.09. The van der Waals surface area contributed by atoms with Crippen LogP contribution in [0, 0.1) is 34.5 Å². The Morgan fingerprint density at radius 1 is 1.26 bits per heavy atom. The molecule has 5 heteroatoms. The lowest BCUT2D eigenvalue weighted by Crippen LogP contribution is -2.76. The molecule has 10 atom stereocenters. The molecule has 4 saturated carbocycles. The van der Waals surface area contributed by atoms with Crippen molar-refractivity contribution < 1.29 is 19.4 Å². The Hall–Kier alpha value is -0.650. The van der Waals surface area contributed by atoms with Crippen molar-refractivity contribution in [3.05, 3.63) is 0 Å². The fourth-order valence-electron chi connectivity index (χ4n) is 9.53. The van der Waals surface area contributed by atoms with Crippen molar-refractivity contribution in [1.29, 1.82) is 0 Å². The zero-order valence-electron chi connectivity index (χ0n) is 16.8. The van der Waals surface area contributed by atoms with E-state index in [0.717, 1.165) is 45.2 Å². The molecule has 5 nitrogen and oxygen atoms in total. The third-order valence-electron chi connectivity index (χ3n) is 10.2. The average molecular weight is 376 g/mol. The standard InChI is InChI=1S/C22H33NO4/c1-4-23-11-20(2)7-6-16(26-3)22-13-9-12-5-8-21(25,17(13)19(24)27-12)14(18(22)23)10-15(20)22/h12-18,25H,4-11H2,1-3H3. The van der Waals surface area contributed by atoms with Crippen LogP contribution < -0.4 is 0 Å². The van der Waals surface area contributed by atoms with Crippen molar-refractivity contribution in [1.82, 2.24) is 4.90 Å². The van der Waals surface area contributed by atoms with Gasteiger partial charge in [-0.05, 0) is 62.3 Å².